The number of nitrogens with zero attached hydrogens (tertiary/aromatic N) is 2. The van der Waals surface area contributed by atoms with Gasteiger partial charge in [0.2, 0.25) is 0 Å². The van der Waals surface area contributed by atoms with Crippen LogP contribution in [-0.2, 0) is 0 Å². The molecule has 3 N–H and O–H groups in total. The van der Waals surface area contributed by atoms with Gasteiger partial charge in [-0.3, -0.25) is 9.78 Å². The Morgan fingerprint density at radius 3 is 2.57 bits per heavy atom. The normalized spacial score (nSPS) is 11.0. The molecule has 1 aromatic heterocycles. The molecule has 0 bridgehead atoms. The molecule has 21 heavy (non-hydrogen) atoms. The van der Waals surface area contributed by atoms with E-state index in [1.54, 1.807) is 36.4 Å². The molecule has 108 valence electrons. The fourth-order valence-electron chi connectivity index (χ4n) is 1.41. The highest BCUT2D eigenvalue weighted by Gasteiger charge is 2.03. The van der Waals surface area contributed by atoms with E-state index >= 15 is 0 Å². The van der Waals surface area contributed by atoms with Gasteiger partial charge in [0.15, 0.2) is 5.84 Å². The first-order chi connectivity index (χ1) is 10.1. The van der Waals surface area contributed by atoms with Gasteiger partial charge in [0.25, 0.3) is 5.91 Å². The van der Waals surface area contributed by atoms with Gasteiger partial charge in [0, 0.05) is 23.0 Å². The van der Waals surface area contributed by atoms with E-state index in [4.69, 9.17) is 22.1 Å². The summed E-state index contributed by atoms with van der Waals surface area (Å²) in [6.07, 6.45) is 3.04. The molecule has 0 atom stereocenters. The van der Waals surface area contributed by atoms with Gasteiger partial charge in [-0.15, -0.1) is 0 Å². The molecule has 2 aromatic rings. The number of hydrazone groups is 1. The molecule has 1 aromatic carbocycles. The first-order valence-corrected chi connectivity index (χ1v) is 6.44. The quantitative estimate of drug-likeness (QED) is 0.501. The molecule has 1 amide bonds. The summed E-state index contributed by atoms with van der Waals surface area (Å²) in [5.74, 6) is 0.386. The minimum absolute atomic E-state index is 0.0538. The molecule has 2 rings (SSSR count). The largest absolute Gasteiger partial charge is 0.486 e. The van der Waals surface area contributed by atoms with E-state index in [2.05, 4.69) is 15.5 Å². The minimum atomic E-state index is -0.369. The number of carbonyl (C=O) groups is 1. The second kappa shape index (κ2) is 7.25. The zero-order valence-electron chi connectivity index (χ0n) is 11.0. The molecule has 0 spiro atoms. The van der Waals surface area contributed by atoms with Crippen molar-refractivity contribution in [2.24, 2.45) is 10.8 Å². The number of hydrogen-bond acceptors (Lipinski definition) is 4. The lowest BCUT2D eigenvalue weighted by atomic mass is 10.3. The minimum Gasteiger partial charge on any atom is -0.486 e. The van der Waals surface area contributed by atoms with Crippen LogP contribution in [0.5, 0.6) is 5.75 Å². The number of nitrogens with two attached hydrogens (primary N) is 1. The molecule has 0 saturated carbocycles. The van der Waals surface area contributed by atoms with Crippen LogP contribution in [-0.4, -0.2) is 23.3 Å². The Labute approximate surface area is 126 Å². The SMILES string of the molecule is N/C(COc1ccc(Cl)cc1)=N/NC(=O)c1ccncc1. The van der Waals surface area contributed by atoms with Gasteiger partial charge in [-0.1, -0.05) is 11.6 Å². The van der Waals surface area contributed by atoms with Gasteiger partial charge in [-0.25, -0.2) is 5.43 Å². The highest BCUT2D eigenvalue weighted by molar-refractivity contribution is 6.30. The summed E-state index contributed by atoms with van der Waals surface area (Å²) in [7, 11) is 0. The molecule has 0 aliphatic rings. The fraction of sp³-hybridized carbons (Fsp3) is 0.0714. The van der Waals surface area contributed by atoms with E-state index < -0.39 is 0 Å². The van der Waals surface area contributed by atoms with Gasteiger partial charge in [0.1, 0.15) is 12.4 Å². The Hall–Kier alpha value is -2.60. The maximum absolute atomic E-state index is 11.7. The van der Waals surface area contributed by atoms with E-state index in [1.165, 1.54) is 12.4 Å². The molecule has 0 fully saturated rings. The molecule has 6 nitrogen and oxygen atoms in total. The van der Waals surface area contributed by atoms with Crippen molar-refractivity contribution in [2.45, 2.75) is 0 Å². The molecular formula is C14H13ClN4O2. The Morgan fingerprint density at radius 1 is 1.24 bits per heavy atom. The zero-order valence-corrected chi connectivity index (χ0v) is 11.7. The van der Waals surface area contributed by atoms with Crippen molar-refractivity contribution in [1.29, 1.82) is 0 Å². The second-order valence-electron chi connectivity index (χ2n) is 4.02. The number of hydrogen-bond donors (Lipinski definition) is 2. The smallest absolute Gasteiger partial charge is 0.271 e. The van der Waals surface area contributed by atoms with Crippen molar-refractivity contribution >= 4 is 23.3 Å². The number of halogens is 1. The van der Waals surface area contributed by atoms with Crippen LogP contribution in [0.4, 0.5) is 0 Å². The van der Waals surface area contributed by atoms with Gasteiger partial charge >= 0.3 is 0 Å². The van der Waals surface area contributed by atoms with E-state index in [1.807, 2.05) is 0 Å². The summed E-state index contributed by atoms with van der Waals surface area (Å²) in [6.45, 7) is 0.0538. The summed E-state index contributed by atoms with van der Waals surface area (Å²) in [5.41, 5.74) is 8.43. The van der Waals surface area contributed by atoms with E-state index in [0.717, 1.165) is 0 Å². The summed E-state index contributed by atoms with van der Waals surface area (Å²) in [5, 5.41) is 4.38. The van der Waals surface area contributed by atoms with Crippen LogP contribution in [0.15, 0.2) is 53.9 Å². The van der Waals surface area contributed by atoms with Gasteiger partial charge in [-0.05, 0) is 36.4 Å². The van der Waals surface area contributed by atoms with Crippen molar-refractivity contribution in [3.8, 4) is 5.75 Å². The van der Waals surface area contributed by atoms with Crippen molar-refractivity contribution in [3.63, 3.8) is 0 Å². The van der Waals surface area contributed by atoms with E-state index in [9.17, 15) is 4.79 Å². The van der Waals surface area contributed by atoms with Crippen LogP contribution in [0.1, 0.15) is 10.4 Å². The van der Waals surface area contributed by atoms with Crippen molar-refractivity contribution in [1.82, 2.24) is 10.4 Å². The Bertz CT molecular complexity index is 629. The molecule has 0 unspecified atom stereocenters. The average Bonchev–Trinajstić information content (AvgIpc) is 2.53. The zero-order chi connectivity index (χ0) is 15.1. The first-order valence-electron chi connectivity index (χ1n) is 6.06. The number of amidine groups is 1. The fourth-order valence-corrected chi connectivity index (χ4v) is 1.54. The van der Waals surface area contributed by atoms with Gasteiger partial charge in [-0.2, -0.15) is 5.10 Å². The molecular weight excluding hydrogens is 292 g/mol. The predicted molar refractivity (Wildman–Crippen MR) is 80.3 cm³/mol. The van der Waals surface area contributed by atoms with Crippen molar-refractivity contribution in [2.75, 3.05) is 6.61 Å². The lowest BCUT2D eigenvalue weighted by Gasteiger charge is -2.06. The third-order valence-electron chi connectivity index (χ3n) is 2.44. The van der Waals surface area contributed by atoms with Crippen LogP contribution < -0.4 is 15.9 Å². The summed E-state index contributed by atoms with van der Waals surface area (Å²) in [4.78, 5) is 15.5. The van der Waals surface area contributed by atoms with Gasteiger partial charge in [0.05, 0.1) is 0 Å². The Balaban J connectivity index is 1.84. The summed E-state index contributed by atoms with van der Waals surface area (Å²) >= 11 is 5.76. The number of ether oxygens (including phenoxy) is 1. The number of amides is 1. The topological polar surface area (TPSA) is 89.6 Å². The van der Waals surface area contributed by atoms with Crippen LogP contribution in [0, 0.1) is 0 Å². The molecule has 0 radical (unpaired) electrons. The average molecular weight is 305 g/mol. The summed E-state index contributed by atoms with van der Waals surface area (Å²) < 4.78 is 5.39. The van der Waals surface area contributed by atoms with E-state index in [0.29, 0.717) is 16.3 Å². The van der Waals surface area contributed by atoms with Crippen LogP contribution in [0.3, 0.4) is 0 Å². The van der Waals surface area contributed by atoms with Crippen molar-refractivity contribution < 1.29 is 9.53 Å². The maximum atomic E-state index is 11.7. The number of pyridine rings is 1. The molecule has 0 aliphatic carbocycles. The standard InChI is InChI=1S/C14H13ClN4O2/c15-11-1-3-12(4-2-11)21-9-13(16)18-19-14(20)10-5-7-17-8-6-10/h1-8H,9H2,(H2,16,18)(H,19,20). The number of aromatic nitrogens is 1. The Kier molecular flexibility index (Phi) is 5.11. The lowest BCUT2D eigenvalue weighted by molar-refractivity contribution is 0.0954. The third kappa shape index (κ3) is 4.77. The van der Waals surface area contributed by atoms with Crippen LogP contribution in [0.2, 0.25) is 5.02 Å². The monoisotopic (exact) mass is 304 g/mol. The van der Waals surface area contributed by atoms with E-state index in [-0.39, 0.29) is 18.3 Å². The summed E-state index contributed by atoms with van der Waals surface area (Å²) in [6, 6.07) is 9.98. The number of benzene rings is 1. The molecule has 7 heteroatoms. The number of rotatable bonds is 5. The number of nitrogens with one attached hydrogen (secondary N) is 1. The molecule has 0 saturated heterocycles. The molecule has 1 heterocycles. The van der Waals surface area contributed by atoms with Crippen LogP contribution in [0.25, 0.3) is 0 Å². The predicted octanol–water partition coefficient (Wildman–Crippen LogP) is 1.82. The second-order valence-corrected chi connectivity index (χ2v) is 4.46. The maximum Gasteiger partial charge on any atom is 0.271 e. The lowest BCUT2D eigenvalue weighted by Crippen LogP contribution is -2.27. The van der Waals surface area contributed by atoms with Gasteiger partial charge < -0.3 is 10.5 Å². The highest BCUT2D eigenvalue weighted by Crippen LogP contribution is 2.15. The molecule has 0 aliphatic heterocycles. The van der Waals surface area contributed by atoms with Crippen LogP contribution >= 0.6 is 11.6 Å². The first kappa shape index (κ1) is 14.8. The highest BCUT2D eigenvalue weighted by atomic mass is 35.5. The van der Waals surface area contributed by atoms with Crippen molar-refractivity contribution in [3.05, 3.63) is 59.4 Å². The third-order valence-corrected chi connectivity index (χ3v) is 2.70. The number of carbonyl (C=O) groups excluding carboxylic acids is 1. The Morgan fingerprint density at radius 2 is 1.90 bits per heavy atom.